The molecule has 2 aliphatic rings. The SMILES string of the molecule is CN=C(NCCCc1nnc2n1CCCCC2)NC1CCN(c2cccs2)CC1.I. The van der Waals surface area contributed by atoms with Gasteiger partial charge in [-0.3, -0.25) is 4.99 Å². The zero-order chi connectivity index (χ0) is 19.9. The Bertz CT molecular complexity index is 781. The highest BCUT2D eigenvalue weighted by atomic mass is 127. The van der Waals surface area contributed by atoms with Gasteiger partial charge in [-0.05, 0) is 49.6 Å². The molecule has 0 atom stereocenters. The summed E-state index contributed by atoms with van der Waals surface area (Å²) in [6.07, 6.45) is 9.17. The van der Waals surface area contributed by atoms with Crippen molar-refractivity contribution in [1.82, 2.24) is 25.4 Å². The summed E-state index contributed by atoms with van der Waals surface area (Å²) in [4.78, 5) is 6.90. The summed E-state index contributed by atoms with van der Waals surface area (Å²) in [6.45, 7) is 4.19. The maximum atomic E-state index is 4.43. The number of fused-ring (bicyclic) bond motifs is 1. The lowest BCUT2D eigenvalue weighted by Crippen LogP contribution is -2.48. The Labute approximate surface area is 200 Å². The maximum Gasteiger partial charge on any atom is 0.191 e. The van der Waals surface area contributed by atoms with E-state index in [0.717, 1.165) is 70.1 Å². The van der Waals surface area contributed by atoms with E-state index in [1.54, 1.807) is 0 Å². The average Bonchev–Trinajstić information content (AvgIpc) is 3.36. The number of aryl methyl sites for hydroxylation is 2. The van der Waals surface area contributed by atoms with Crippen molar-refractivity contribution >= 4 is 46.3 Å². The molecule has 7 nitrogen and oxygen atoms in total. The van der Waals surface area contributed by atoms with Gasteiger partial charge in [-0.15, -0.1) is 45.5 Å². The number of aromatic nitrogens is 3. The molecular formula is C21H34IN7S. The number of hydrogen-bond donors (Lipinski definition) is 2. The van der Waals surface area contributed by atoms with Crippen LogP contribution in [0.15, 0.2) is 22.5 Å². The average molecular weight is 544 g/mol. The largest absolute Gasteiger partial charge is 0.363 e. The molecular weight excluding hydrogens is 509 g/mol. The predicted octanol–water partition coefficient (Wildman–Crippen LogP) is 3.45. The van der Waals surface area contributed by atoms with Gasteiger partial charge in [0.25, 0.3) is 0 Å². The van der Waals surface area contributed by atoms with Crippen molar-refractivity contribution in [2.24, 2.45) is 4.99 Å². The molecule has 0 aliphatic carbocycles. The van der Waals surface area contributed by atoms with Gasteiger partial charge in [0, 0.05) is 52.1 Å². The maximum absolute atomic E-state index is 4.43. The van der Waals surface area contributed by atoms with Crippen molar-refractivity contribution in [2.45, 2.75) is 64.0 Å². The topological polar surface area (TPSA) is 70.4 Å². The highest BCUT2D eigenvalue weighted by Gasteiger charge is 2.20. The fourth-order valence-corrected chi connectivity index (χ4v) is 5.05. The molecule has 1 fully saturated rings. The summed E-state index contributed by atoms with van der Waals surface area (Å²) in [5.74, 6) is 3.24. The quantitative estimate of drug-likeness (QED) is 0.253. The number of nitrogens with one attached hydrogen (secondary N) is 2. The van der Waals surface area contributed by atoms with Gasteiger partial charge in [-0.1, -0.05) is 6.42 Å². The van der Waals surface area contributed by atoms with Crippen molar-refractivity contribution in [3.63, 3.8) is 0 Å². The molecule has 0 amide bonds. The molecule has 4 heterocycles. The molecule has 2 aromatic rings. The molecule has 0 unspecified atom stereocenters. The van der Waals surface area contributed by atoms with Crippen LogP contribution in [0.3, 0.4) is 0 Å². The Morgan fingerprint density at radius 2 is 2.07 bits per heavy atom. The van der Waals surface area contributed by atoms with Gasteiger partial charge in [-0.25, -0.2) is 0 Å². The summed E-state index contributed by atoms with van der Waals surface area (Å²) in [7, 11) is 1.86. The second-order valence-electron chi connectivity index (χ2n) is 7.95. The summed E-state index contributed by atoms with van der Waals surface area (Å²) in [5, 5.41) is 19.5. The first-order valence-electron chi connectivity index (χ1n) is 11.0. The molecule has 0 radical (unpaired) electrons. The molecule has 9 heteroatoms. The van der Waals surface area contributed by atoms with Gasteiger partial charge in [-0.2, -0.15) is 0 Å². The number of piperidine rings is 1. The van der Waals surface area contributed by atoms with E-state index in [1.165, 1.54) is 30.1 Å². The third-order valence-corrected chi connectivity index (χ3v) is 6.86. The van der Waals surface area contributed by atoms with Gasteiger partial charge in [0.1, 0.15) is 11.6 Å². The van der Waals surface area contributed by atoms with Crippen LogP contribution < -0.4 is 15.5 Å². The van der Waals surface area contributed by atoms with Crippen molar-refractivity contribution in [1.29, 1.82) is 0 Å². The number of guanidine groups is 1. The summed E-state index contributed by atoms with van der Waals surface area (Å²) in [6, 6.07) is 4.84. The summed E-state index contributed by atoms with van der Waals surface area (Å²) in [5.41, 5.74) is 0. The monoisotopic (exact) mass is 543 g/mol. The number of aliphatic imine (C=N–C) groups is 1. The summed E-state index contributed by atoms with van der Waals surface area (Å²) >= 11 is 1.83. The van der Waals surface area contributed by atoms with Crippen LogP contribution in [0.4, 0.5) is 5.00 Å². The first-order chi connectivity index (χ1) is 14.3. The highest BCUT2D eigenvalue weighted by Crippen LogP contribution is 2.24. The molecule has 166 valence electrons. The van der Waals surface area contributed by atoms with E-state index in [0.29, 0.717) is 6.04 Å². The number of anilines is 1. The molecule has 0 aromatic carbocycles. The Morgan fingerprint density at radius 3 is 2.83 bits per heavy atom. The predicted molar refractivity (Wildman–Crippen MR) is 135 cm³/mol. The smallest absolute Gasteiger partial charge is 0.191 e. The lowest BCUT2D eigenvalue weighted by atomic mass is 10.1. The standard InChI is InChI=1S/C21H33N7S.HI/c1-22-21(24-17-10-14-27(15-11-17)20-9-6-16-29-20)23-12-5-8-19-26-25-18-7-3-2-4-13-28(18)19;/h6,9,16-17H,2-5,7-8,10-15H2,1H3,(H2,22,23,24);1H. The molecule has 2 N–H and O–H groups in total. The molecule has 2 aliphatic heterocycles. The third kappa shape index (κ3) is 6.09. The lowest BCUT2D eigenvalue weighted by Gasteiger charge is -2.33. The molecule has 0 saturated carbocycles. The summed E-state index contributed by atoms with van der Waals surface area (Å²) < 4.78 is 2.35. The second-order valence-corrected chi connectivity index (χ2v) is 8.88. The van der Waals surface area contributed by atoms with E-state index in [4.69, 9.17) is 0 Å². The van der Waals surface area contributed by atoms with Gasteiger partial charge in [0.05, 0.1) is 5.00 Å². The van der Waals surface area contributed by atoms with E-state index < -0.39 is 0 Å². The second kappa shape index (κ2) is 11.9. The van der Waals surface area contributed by atoms with Crippen LogP contribution >= 0.6 is 35.3 Å². The highest BCUT2D eigenvalue weighted by molar-refractivity contribution is 14.0. The fourth-order valence-electron chi connectivity index (χ4n) is 4.27. The van der Waals surface area contributed by atoms with Crippen molar-refractivity contribution in [3.05, 3.63) is 29.2 Å². The minimum atomic E-state index is 0. The van der Waals surface area contributed by atoms with Gasteiger partial charge >= 0.3 is 0 Å². The van der Waals surface area contributed by atoms with Crippen molar-refractivity contribution in [2.75, 3.05) is 31.6 Å². The molecule has 4 rings (SSSR count). The molecule has 30 heavy (non-hydrogen) atoms. The van der Waals surface area contributed by atoms with E-state index >= 15 is 0 Å². The van der Waals surface area contributed by atoms with E-state index in [2.05, 4.69) is 52.8 Å². The van der Waals surface area contributed by atoms with Crippen LogP contribution in [0.2, 0.25) is 0 Å². The Morgan fingerprint density at radius 1 is 1.20 bits per heavy atom. The van der Waals surface area contributed by atoms with Crippen LogP contribution in [0.1, 0.15) is 50.2 Å². The van der Waals surface area contributed by atoms with Crippen LogP contribution in [-0.4, -0.2) is 53.4 Å². The van der Waals surface area contributed by atoms with Crippen LogP contribution in [0, 0.1) is 0 Å². The molecule has 2 aromatic heterocycles. The van der Waals surface area contributed by atoms with E-state index in [1.807, 2.05) is 18.4 Å². The van der Waals surface area contributed by atoms with Gasteiger partial charge in [0.2, 0.25) is 0 Å². The Balaban J connectivity index is 0.00000256. The van der Waals surface area contributed by atoms with Crippen molar-refractivity contribution in [3.8, 4) is 0 Å². The van der Waals surface area contributed by atoms with Crippen molar-refractivity contribution < 1.29 is 0 Å². The minimum absolute atomic E-state index is 0. The molecule has 0 spiro atoms. The fraction of sp³-hybridized carbons (Fsp3) is 0.667. The number of rotatable bonds is 6. The first-order valence-corrected chi connectivity index (χ1v) is 11.9. The van der Waals surface area contributed by atoms with Crippen LogP contribution in [0.25, 0.3) is 0 Å². The van der Waals surface area contributed by atoms with Gasteiger partial charge < -0.3 is 20.1 Å². The Hall–Kier alpha value is -1.36. The number of nitrogens with zero attached hydrogens (tertiary/aromatic N) is 5. The van der Waals surface area contributed by atoms with E-state index in [9.17, 15) is 0 Å². The number of hydrogen-bond acceptors (Lipinski definition) is 5. The minimum Gasteiger partial charge on any atom is -0.363 e. The zero-order valence-electron chi connectivity index (χ0n) is 17.8. The lowest BCUT2D eigenvalue weighted by molar-refractivity contribution is 0.462. The normalized spacial score (nSPS) is 17.8. The van der Waals surface area contributed by atoms with Crippen LogP contribution in [0.5, 0.6) is 0 Å². The third-order valence-electron chi connectivity index (χ3n) is 5.93. The molecule has 1 saturated heterocycles. The Kier molecular flexibility index (Phi) is 9.23. The molecule has 0 bridgehead atoms. The number of halogens is 1. The van der Waals surface area contributed by atoms with Gasteiger partial charge in [0.15, 0.2) is 5.96 Å². The van der Waals surface area contributed by atoms with Crippen LogP contribution in [-0.2, 0) is 19.4 Å². The van der Waals surface area contributed by atoms with E-state index in [-0.39, 0.29) is 24.0 Å². The zero-order valence-corrected chi connectivity index (χ0v) is 21.0. The number of thiophene rings is 1. The first kappa shape index (κ1) is 23.3.